The number of aromatic nitrogens is 2. The summed E-state index contributed by atoms with van der Waals surface area (Å²) in [6, 6.07) is -7.93. The Kier molecular flexibility index (Phi) is 26.8. The van der Waals surface area contributed by atoms with E-state index in [1.54, 1.807) is 0 Å². The van der Waals surface area contributed by atoms with Gasteiger partial charge >= 0.3 is 7.82 Å². The average Bonchev–Trinajstić information content (AvgIpc) is 3.75. The predicted octanol–water partition coefficient (Wildman–Crippen LogP) is -1.72. The lowest BCUT2D eigenvalue weighted by atomic mass is 10.0. The predicted molar refractivity (Wildman–Crippen MR) is 244 cm³/mol. The Hall–Kier alpha value is -4.20. The third-order valence-corrected chi connectivity index (χ3v) is 11.0. The van der Waals surface area contributed by atoms with Crippen molar-refractivity contribution in [2.45, 2.75) is 148 Å². The lowest BCUT2D eigenvalue weighted by Crippen LogP contribution is -2.61. The minimum absolute atomic E-state index is 0.0189. The third-order valence-electron chi connectivity index (χ3n) is 9.97. The van der Waals surface area contributed by atoms with Crippen LogP contribution >= 0.6 is 20.5 Å². The number of aliphatic hydroxyl groups is 1. The number of phosphoric ester groups is 1. The van der Waals surface area contributed by atoms with Gasteiger partial charge in [-0.25, -0.2) is 9.55 Å². The van der Waals surface area contributed by atoms with Crippen LogP contribution in [0.15, 0.2) is 12.5 Å². The van der Waals surface area contributed by atoms with E-state index < -0.39 is 91.9 Å². The van der Waals surface area contributed by atoms with Crippen molar-refractivity contribution >= 4 is 61.8 Å². The summed E-state index contributed by atoms with van der Waals surface area (Å²) in [7, 11) is -5.12. The molecule has 1 aromatic rings. The number of aromatic amines is 1. The Bertz CT molecular complexity index is 1750. The summed E-state index contributed by atoms with van der Waals surface area (Å²) < 4.78 is 27.7. The first-order valence-electron chi connectivity index (χ1n) is 21.8. The number of carbonyl (C=O) groups excluding carboxylic acids is 7. The summed E-state index contributed by atoms with van der Waals surface area (Å²) in [5, 5.41) is 22.5. The molecule has 378 valence electrons. The van der Waals surface area contributed by atoms with Crippen molar-refractivity contribution in [2.75, 3.05) is 38.7 Å². The summed E-state index contributed by atoms with van der Waals surface area (Å²) in [6.45, 7) is 13.4. The fourth-order valence-electron chi connectivity index (χ4n) is 6.15. The number of nitrogens with one attached hydrogen (secondary N) is 6. The molecule has 8 atom stereocenters. The van der Waals surface area contributed by atoms with Gasteiger partial charge in [0, 0.05) is 37.2 Å². The highest BCUT2D eigenvalue weighted by molar-refractivity contribution is 7.80. The second-order valence-corrected chi connectivity index (χ2v) is 18.5. The van der Waals surface area contributed by atoms with Crippen LogP contribution in [-0.4, -0.2) is 164 Å². The number of nitrogens with two attached hydrogens (primary N) is 2. The number of unbranched alkanes of at least 4 members (excludes halogenated alkanes) is 1. The maximum atomic E-state index is 14.0. The van der Waals surface area contributed by atoms with Crippen LogP contribution in [0.25, 0.3) is 0 Å². The summed E-state index contributed by atoms with van der Waals surface area (Å²) in [5.41, 5.74) is 10.6. The van der Waals surface area contributed by atoms with Gasteiger partial charge in [-0.05, 0) is 59.8 Å². The van der Waals surface area contributed by atoms with Gasteiger partial charge in [-0.15, -0.1) is 0 Å². The lowest BCUT2D eigenvalue weighted by Gasteiger charge is -2.31. The average molecular weight is 981 g/mol. The molecule has 24 nitrogen and oxygen atoms in total. The maximum absolute atomic E-state index is 14.0. The molecule has 0 aliphatic heterocycles. The van der Waals surface area contributed by atoms with Gasteiger partial charge in [-0.1, -0.05) is 27.2 Å². The molecule has 0 fully saturated rings. The molecule has 0 spiro atoms. The summed E-state index contributed by atoms with van der Waals surface area (Å²) >= 11 is 4.03. The number of carbonyl (C=O) groups is 7. The zero-order valence-corrected chi connectivity index (χ0v) is 40.9. The fourth-order valence-corrected chi connectivity index (χ4v) is 6.87. The van der Waals surface area contributed by atoms with Crippen LogP contribution in [0, 0.1) is 5.92 Å². The number of hydrogen-bond donors (Lipinski definition) is 12. The molecule has 1 rings (SSSR count). The van der Waals surface area contributed by atoms with Crippen LogP contribution in [0.5, 0.6) is 0 Å². The number of amides is 7. The summed E-state index contributed by atoms with van der Waals surface area (Å²) in [6.07, 6.45) is 2.55. The van der Waals surface area contributed by atoms with Gasteiger partial charge in [0.1, 0.15) is 30.2 Å². The number of nitrogens with zero attached hydrogens (tertiary/aromatic N) is 2. The molecule has 0 aromatic carbocycles. The molecule has 7 amide bonds. The van der Waals surface area contributed by atoms with E-state index in [1.165, 1.54) is 24.3 Å². The Labute approximate surface area is 391 Å². The van der Waals surface area contributed by atoms with Crippen molar-refractivity contribution in [3.63, 3.8) is 0 Å². The molecule has 0 bridgehead atoms. The molecule has 13 N–H and O–H groups in total. The van der Waals surface area contributed by atoms with E-state index in [2.05, 4.69) is 53.7 Å². The molecule has 26 heteroatoms. The number of hydrogen-bond acceptors (Lipinski definition) is 15. The van der Waals surface area contributed by atoms with E-state index >= 15 is 0 Å². The molecule has 0 aliphatic rings. The summed E-state index contributed by atoms with van der Waals surface area (Å²) in [5.74, 6) is -5.40. The standard InChI is InChI=1S/C40H73N10O14PS/c1-9-10-14-50(32(52)12-15-63-40(7,8)21-62-24(4)11-13-44-36(55)28(41)20-66)25(5)35(54)46-29(16-23(2)3)37(56)47-30(17-27-18-43-22-45-27)38(57)48-31(19-51)39(58)49-33(34(42)53)26(6)64-65(59,60)61/h18,22-26,28-31,33,51,66H,9-17,19-21,41H2,1-8H3,(H2,42,53)(H,43,45)(H,44,55)(H,46,54)(H,47,56)(H,48,57)(H,49,58)(H2,59,60,61)/t24?,25-,26?,28-,29-,30-,31-,33-/m0/s1. The first-order valence-corrected chi connectivity index (χ1v) is 23.9. The molecular formula is C40H73N10O14PS. The van der Waals surface area contributed by atoms with E-state index in [0.717, 1.165) is 13.3 Å². The number of thiol groups is 1. The van der Waals surface area contributed by atoms with Crippen LogP contribution in [0.4, 0.5) is 0 Å². The highest BCUT2D eigenvalue weighted by Crippen LogP contribution is 2.38. The molecule has 66 heavy (non-hydrogen) atoms. The number of rotatable bonds is 33. The summed E-state index contributed by atoms with van der Waals surface area (Å²) in [4.78, 5) is 119. The normalized spacial score (nSPS) is 15.5. The van der Waals surface area contributed by atoms with Crippen molar-refractivity contribution in [3.8, 4) is 0 Å². The highest BCUT2D eigenvalue weighted by atomic mass is 32.1. The van der Waals surface area contributed by atoms with E-state index in [4.69, 9.17) is 30.7 Å². The first kappa shape index (κ1) is 59.8. The van der Waals surface area contributed by atoms with Crippen LogP contribution in [0.1, 0.15) is 93.2 Å². The number of primary amides is 1. The Morgan fingerprint density at radius 1 is 0.939 bits per heavy atom. The quantitative estimate of drug-likeness (QED) is 0.0275. The zero-order valence-electron chi connectivity index (χ0n) is 39.1. The van der Waals surface area contributed by atoms with Crippen LogP contribution in [0.2, 0.25) is 0 Å². The minimum atomic E-state index is -5.12. The molecular weight excluding hydrogens is 908 g/mol. The first-order chi connectivity index (χ1) is 30.7. The van der Waals surface area contributed by atoms with Crippen molar-refractivity contribution in [3.05, 3.63) is 18.2 Å². The van der Waals surface area contributed by atoms with Gasteiger partial charge in [-0.2, -0.15) is 12.6 Å². The number of phosphoric acid groups is 1. The van der Waals surface area contributed by atoms with Gasteiger partial charge in [0.15, 0.2) is 0 Å². The van der Waals surface area contributed by atoms with Gasteiger partial charge in [-0.3, -0.25) is 38.1 Å². The van der Waals surface area contributed by atoms with Crippen LogP contribution in [-0.2, 0) is 58.5 Å². The van der Waals surface area contributed by atoms with Crippen molar-refractivity contribution in [1.29, 1.82) is 0 Å². The van der Waals surface area contributed by atoms with E-state index in [9.17, 15) is 43.2 Å². The molecule has 0 aliphatic carbocycles. The molecule has 0 saturated heterocycles. The topological polar surface area (TPSA) is 369 Å². The van der Waals surface area contributed by atoms with E-state index in [1.807, 2.05) is 41.5 Å². The van der Waals surface area contributed by atoms with Crippen molar-refractivity contribution in [2.24, 2.45) is 17.4 Å². The monoisotopic (exact) mass is 980 g/mol. The zero-order chi connectivity index (χ0) is 50.4. The SMILES string of the molecule is CCCCN(C(=O)CCOC(C)(C)COC(C)CCNC(=O)[C@@H](N)CS)[C@@H](C)C(=O)N[C@@H](CC(C)C)C(=O)N[C@@H](Cc1cnc[nH]1)C(=O)N[C@@H](CO)C(=O)N[C@H](C(N)=O)C(C)OP(=O)(O)O. The van der Waals surface area contributed by atoms with E-state index in [0.29, 0.717) is 25.1 Å². The number of H-pyrrole nitrogens is 1. The van der Waals surface area contributed by atoms with Crippen LogP contribution in [0.3, 0.4) is 0 Å². The molecule has 0 saturated carbocycles. The Morgan fingerprint density at radius 3 is 2.09 bits per heavy atom. The molecule has 0 radical (unpaired) electrons. The van der Waals surface area contributed by atoms with Gasteiger partial charge in [0.25, 0.3) is 0 Å². The molecule has 1 aromatic heterocycles. The van der Waals surface area contributed by atoms with Gasteiger partial charge in [0.2, 0.25) is 41.4 Å². The Balaban J connectivity index is 3.11. The molecule has 2 unspecified atom stereocenters. The van der Waals surface area contributed by atoms with Gasteiger partial charge < -0.3 is 72.3 Å². The van der Waals surface area contributed by atoms with Crippen molar-refractivity contribution < 1.29 is 67.0 Å². The number of aliphatic hydroxyl groups excluding tert-OH is 1. The maximum Gasteiger partial charge on any atom is 0.469 e. The fraction of sp³-hybridized carbons (Fsp3) is 0.750. The number of imidazole rings is 1. The minimum Gasteiger partial charge on any atom is -0.394 e. The van der Waals surface area contributed by atoms with E-state index in [-0.39, 0.29) is 68.6 Å². The second-order valence-electron chi connectivity index (χ2n) is 16.9. The molecule has 1 heterocycles. The van der Waals surface area contributed by atoms with Crippen molar-refractivity contribution in [1.82, 2.24) is 41.5 Å². The largest absolute Gasteiger partial charge is 0.469 e. The highest BCUT2D eigenvalue weighted by Gasteiger charge is 2.36. The second kappa shape index (κ2) is 29.5. The smallest absolute Gasteiger partial charge is 0.394 e. The van der Waals surface area contributed by atoms with Crippen LogP contribution < -0.4 is 38.1 Å². The lowest BCUT2D eigenvalue weighted by molar-refractivity contribution is -0.144. The third kappa shape index (κ3) is 23.0. The van der Waals surface area contributed by atoms with Gasteiger partial charge in [0.05, 0.1) is 56.4 Å². The Morgan fingerprint density at radius 2 is 1.55 bits per heavy atom. The number of ether oxygens (including phenoxy) is 2.